The van der Waals surface area contributed by atoms with Gasteiger partial charge < -0.3 is 58.2 Å². The van der Waals surface area contributed by atoms with Crippen LogP contribution in [-0.4, -0.2) is 126 Å². The van der Waals surface area contributed by atoms with Crippen molar-refractivity contribution in [2.24, 2.45) is 0 Å². The summed E-state index contributed by atoms with van der Waals surface area (Å²) in [6.45, 7) is 14.9. The molecular weight excluding hydrogens is 740 g/mol. The first kappa shape index (κ1) is 41.3. The highest BCUT2D eigenvalue weighted by molar-refractivity contribution is 6.04. The number of nitrogens with zero attached hydrogens (tertiary/aromatic N) is 2. The molecule has 0 bridgehead atoms. The summed E-state index contributed by atoms with van der Waals surface area (Å²) < 4.78 is 51.3. The number of carbonyl (C=O) groups is 3. The van der Waals surface area contributed by atoms with E-state index >= 15 is 0 Å². The van der Waals surface area contributed by atoms with E-state index in [1.54, 1.807) is 34.1 Å². The molecule has 4 saturated heterocycles. The fraction of sp³-hybridized carbons (Fsp3) is 0.488. The predicted molar refractivity (Wildman–Crippen MR) is 209 cm³/mol. The number of rotatable bonds is 17. The third kappa shape index (κ3) is 9.82. The van der Waals surface area contributed by atoms with Crippen molar-refractivity contribution in [2.75, 3.05) is 84.6 Å². The minimum absolute atomic E-state index is 0.0174. The smallest absolute Gasteiger partial charge is 0.411 e. The molecule has 0 unspecified atom stereocenters. The zero-order chi connectivity index (χ0) is 40.5. The van der Waals surface area contributed by atoms with Gasteiger partial charge in [0.2, 0.25) is 0 Å². The van der Waals surface area contributed by atoms with E-state index in [0.717, 1.165) is 17.6 Å². The van der Waals surface area contributed by atoms with Gasteiger partial charge in [-0.25, -0.2) is 4.79 Å². The Labute approximate surface area is 332 Å². The normalized spacial score (nSPS) is 19.9. The number of anilines is 2. The van der Waals surface area contributed by atoms with Crippen molar-refractivity contribution in [1.29, 1.82) is 0 Å². The van der Waals surface area contributed by atoms with Crippen LogP contribution in [0.25, 0.3) is 0 Å². The van der Waals surface area contributed by atoms with E-state index in [0.29, 0.717) is 107 Å². The number of ether oxygens (including phenoxy) is 9. The fourth-order valence-corrected chi connectivity index (χ4v) is 7.27. The van der Waals surface area contributed by atoms with Crippen LogP contribution >= 0.6 is 0 Å². The van der Waals surface area contributed by atoms with Crippen LogP contribution in [0.1, 0.15) is 52.8 Å². The number of benzene rings is 2. The van der Waals surface area contributed by atoms with Crippen molar-refractivity contribution in [2.45, 2.75) is 56.8 Å². The van der Waals surface area contributed by atoms with Crippen LogP contribution in [0.4, 0.5) is 16.2 Å². The Morgan fingerprint density at radius 2 is 1.25 bits per heavy atom. The number of hydrogen-bond donors (Lipinski definition) is 2. The molecule has 0 saturated carbocycles. The Bertz CT molecular complexity index is 1820. The molecule has 16 heteroatoms. The monoisotopic (exact) mass is 792 g/mol. The van der Waals surface area contributed by atoms with Crippen LogP contribution in [0, 0.1) is 0 Å². The summed E-state index contributed by atoms with van der Waals surface area (Å²) in [5.41, 5.74) is 9.09. The van der Waals surface area contributed by atoms with Crippen LogP contribution in [-0.2, 0) is 23.7 Å². The lowest BCUT2D eigenvalue weighted by atomic mass is 10.1. The second-order valence-corrected chi connectivity index (χ2v) is 14.0. The SMILES string of the molecule is C=CCOC(=O)Nc1cc(OCCCCCOc2cc(N)c(C(=O)N3CC(=C)C[C@H]3C3OCCO3)cc2OC)c(OC)cc1C(=O)N1CC(=C)C[C@H]1C1OCCO1. The van der Waals surface area contributed by atoms with Gasteiger partial charge in [-0.3, -0.25) is 14.9 Å². The molecular formula is C41H52N4O12. The molecule has 2 aromatic rings. The van der Waals surface area contributed by atoms with Crippen LogP contribution in [0.3, 0.4) is 0 Å². The lowest BCUT2D eigenvalue weighted by molar-refractivity contribution is -0.0836. The number of nitrogen functional groups attached to an aromatic ring is 1. The van der Waals surface area contributed by atoms with Gasteiger partial charge in [-0.05, 0) is 44.2 Å². The zero-order valence-electron chi connectivity index (χ0n) is 32.6. The quantitative estimate of drug-likeness (QED) is 0.125. The molecule has 0 spiro atoms. The van der Waals surface area contributed by atoms with Crippen molar-refractivity contribution in [3.8, 4) is 23.0 Å². The molecule has 3 N–H and O–H groups in total. The van der Waals surface area contributed by atoms with E-state index in [2.05, 4.69) is 25.1 Å². The molecule has 4 fully saturated rings. The largest absolute Gasteiger partial charge is 0.493 e. The molecule has 0 radical (unpaired) electrons. The third-order valence-corrected chi connectivity index (χ3v) is 10.0. The summed E-state index contributed by atoms with van der Waals surface area (Å²) in [6.07, 6.45) is 2.79. The second kappa shape index (κ2) is 19.2. The van der Waals surface area contributed by atoms with Gasteiger partial charge >= 0.3 is 6.09 Å². The van der Waals surface area contributed by atoms with Crippen LogP contribution in [0.15, 0.2) is 61.2 Å². The molecule has 4 heterocycles. The number of amides is 3. The highest BCUT2D eigenvalue weighted by Crippen LogP contribution is 2.38. The number of unbranched alkanes of at least 4 members (excludes halogenated alkanes) is 2. The number of hydrogen-bond acceptors (Lipinski definition) is 13. The summed E-state index contributed by atoms with van der Waals surface area (Å²) in [5.74, 6) is 0.827. The highest BCUT2D eigenvalue weighted by atomic mass is 16.7. The van der Waals surface area contributed by atoms with Gasteiger partial charge in [0.15, 0.2) is 35.6 Å². The first-order valence-electron chi connectivity index (χ1n) is 19.0. The van der Waals surface area contributed by atoms with E-state index in [1.807, 2.05) is 0 Å². The number of nitrogens with two attached hydrogens (primary N) is 1. The Hall–Kier alpha value is -5.29. The molecule has 4 aliphatic rings. The van der Waals surface area contributed by atoms with Crippen LogP contribution in [0.2, 0.25) is 0 Å². The fourth-order valence-electron chi connectivity index (χ4n) is 7.27. The Kier molecular flexibility index (Phi) is 14.0. The molecule has 57 heavy (non-hydrogen) atoms. The van der Waals surface area contributed by atoms with Gasteiger partial charge in [0.25, 0.3) is 11.8 Å². The van der Waals surface area contributed by atoms with Crippen LogP contribution in [0.5, 0.6) is 23.0 Å². The average Bonchev–Trinajstić information content (AvgIpc) is 4.04. The Morgan fingerprint density at radius 1 is 0.754 bits per heavy atom. The van der Waals surface area contributed by atoms with Gasteiger partial charge in [0.1, 0.15) is 6.61 Å². The second-order valence-electron chi connectivity index (χ2n) is 14.0. The molecule has 0 aliphatic carbocycles. The summed E-state index contributed by atoms with van der Waals surface area (Å²) >= 11 is 0. The maximum Gasteiger partial charge on any atom is 0.411 e. The van der Waals surface area contributed by atoms with Gasteiger partial charge in [0, 0.05) is 30.9 Å². The lowest BCUT2D eigenvalue weighted by Gasteiger charge is -2.28. The molecule has 6 rings (SSSR count). The summed E-state index contributed by atoms with van der Waals surface area (Å²) in [6, 6.07) is 5.64. The van der Waals surface area contributed by atoms with E-state index < -0.39 is 18.7 Å². The van der Waals surface area contributed by atoms with E-state index in [4.69, 9.17) is 48.4 Å². The summed E-state index contributed by atoms with van der Waals surface area (Å²) in [5, 5.41) is 2.68. The molecule has 3 amide bonds. The topological polar surface area (TPSA) is 179 Å². The third-order valence-electron chi connectivity index (χ3n) is 10.0. The van der Waals surface area contributed by atoms with Gasteiger partial charge in [-0.2, -0.15) is 0 Å². The first-order valence-corrected chi connectivity index (χ1v) is 19.0. The molecule has 308 valence electrons. The molecule has 16 nitrogen and oxygen atoms in total. The van der Waals surface area contributed by atoms with E-state index in [-0.39, 0.29) is 47.4 Å². The van der Waals surface area contributed by atoms with Crippen molar-refractivity contribution in [3.05, 3.63) is 72.4 Å². The van der Waals surface area contributed by atoms with Gasteiger partial charge in [-0.1, -0.05) is 37.0 Å². The minimum atomic E-state index is -0.763. The molecule has 2 atom stereocenters. The maximum absolute atomic E-state index is 14.1. The van der Waals surface area contributed by atoms with Gasteiger partial charge in [-0.15, -0.1) is 0 Å². The van der Waals surface area contributed by atoms with Crippen molar-refractivity contribution < 1.29 is 57.0 Å². The Morgan fingerprint density at radius 3 is 1.75 bits per heavy atom. The highest BCUT2D eigenvalue weighted by Gasteiger charge is 2.42. The Balaban J connectivity index is 1.05. The van der Waals surface area contributed by atoms with Crippen molar-refractivity contribution in [1.82, 2.24) is 9.80 Å². The average molecular weight is 793 g/mol. The molecule has 0 aromatic heterocycles. The predicted octanol–water partition coefficient (Wildman–Crippen LogP) is 4.94. The number of carbonyl (C=O) groups excluding carboxylic acids is 3. The van der Waals surface area contributed by atoms with Crippen molar-refractivity contribution >= 4 is 29.3 Å². The van der Waals surface area contributed by atoms with E-state index in [9.17, 15) is 14.4 Å². The molecule has 2 aromatic carbocycles. The lowest BCUT2D eigenvalue weighted by Crippen LogP contribution is -2.43. The van der Waals surface area contributed by atoms with Crippen LogP contribution < -0.4 is 30.0 Å². The summed E-state index contributed by atoms with van der Waals surface area (Å²) in [7, 11) is 2.98. The number of likely N-dealkylation sites (tertiary alicyclic amines) is 2. The minimum Gasteiger partial charge on any atom is -0.493 e. The first-order chi connectivity index (χ1) is 27.6. The van der Waals surface area contributed by atoms with Gasteiger partial charge in [0.05, 0.1) is 82.8 Å². The standard InChI is InChI=1S/C41H52N4O12/c1-6-10-57-41(48)43-30-22-36(34(50-5)20-28(30)38(47)45-24-26(3)18-32(45)40-55-15-16-56-40)52-12-9-7-8-11-51-35-21-29(42)27(19-33(35)49-4)37(46)44-23-25(2)17-31(44)39-53-13-14-54-39/h6,19-22,31-32,39-40H,1-3,7-18,23-24,42H2,4-5H3,(H,43,48)/t31-,32-/m0/s1. The zero-order valence-corrected chi connectivity index (χ0v) is 32.6. The van der Waals surface area contributed by atoms with E-state index in [1.165, 1.54) is 20.3 Å². The number of nitrogens with one attached hydrogen (secondary N) is 1. The van der Waals surface area contributed by atoms with Crippen molar-refractivity contribution in [3.63, 3.8) is 0 Å². The summed E-state index contributed by atoms with van der Waals surface area (Å²) in [4.78, 5) is 43.7. The maximum atomic E-state index is 14.1. The molecule has 4 aliphatic heterocycles. The number of methoxy groups -OCH3 is 2.